The van der Waals surface area contributed by atoms with Crippen LogP contribution in [0.15, 0.2) is 0 Å². The normalized spacial score (nSPS) is 12.2. The second-order valence-electron chi connectivity index (χ2n) is 16.3. The fraction of sp³-hybridized carbons (Fsp3) is 0.944. The highest BCUT2D eigenvalue weighted by atomic mass is 28.5. The summed E-state index contributed by atoms with van der Waals surface area (Å²) in [5.74, 6) is 0.162. The van der Waals surface area contributed by atoms with Crippen LogP contribution < -0.4 is 0 Å². The van der Waals surface area contributed by atoms with Gasteiger partial charge in [0.15, 0.2) is 33.3 Å². The molecule has 0 amide bonds. The van der Waals surface area contributed by atoms with Crippen LogP contribution in [0.2, 0.25) is 103 Å². The van der Waals surface area contributed by atoms with Crippen LogP contribution in [0.3, 0.4) is 0 Å². The molecule has 2 N–H and O–H groups in total. The number of aliphatic hydroxyl groups excluding tert-OH is 2. The van der Waals surface area contributed by atoms with Gasteiger partial charge >= 0.3 is 23.1 Å². The second-order valence-corrected chi connectivity index (χ2v) is 41.2. The Labute approximate surface area is 325 Å². The molecule has 0 aliphatic heterocycles. The van der Waals surface area contributed by atoms with Gasteiger partial charge in [0.2, 0.25) is 0 Å². The van der Waals surface area contributed by atoms with Gasteiger partial charge in [0, 0.05) is 26.1 Å². The number of rotatable bonds is 26. The van der Waals surface area contributed by atoms with Crippen molar-refractivity contribution in [3.05, 3.63) is 0 Å². The number of ether oxygens (including phenoxy) is 1. The first kappa shape index (κ1) is 63.2. The van der Waals surface area contributed by atoms with E-state index in [2.05, 4.69) is 83.3 Å². The van der Waals surface area contributed by atoms with E-state index in [0.717, 1.165) is 75.5 Å². The fourth-order valence-corrected chi connectivity index (χ4v) is 34.3. The molecule has 9 nitrogen and oxygen atoms in total. The Bertz CT molecular complexity index is 846. The molecule has 0 saturated carbocycles. The van der Waals surface area contributed by atoms with Crippen molar-refractivity contribution in [2.24, 2.45) is 0 Å². The summed E-state index contributed by atoms with van der Waals surface area (Å²) in [6, 6.07) is 4.17. The molecule has 314 valence electrons. The van der Waals surface area contributed by atoms with Crippen molar-refractivity contribution in [1.29, 1.82) is 0 Å². The molecule has 15 heteroatoms. The lowest BCUT2D eigenvalue weighted by molar-refractivity contribution is -0.140. The smallest absolute Gasteiger partial charge is 0.311 e. The Morgan fingerprint density at radius 1 is 0.451 bits per heavy atom. The van der Waals surface area contributed by atoms with Crippen LogP contribution in [0.5, 0.6) is 0 Å². The van der Waals surface area contributed by atoms with Crippen molar-refractivity contribution in [2.75, 3.05) is 20.3 Å². The number of hydrogen-bond donors (Lipinski definition) is 2. The Hall–Kier alpha value is 0.201. The average molecular weight is 838 g/mol. The van der Waals surface area contributed by atoms with Crippen molar-refractivity contribution in [3.8, 4) is 0 Å². The first-order valence-corrected chi connectivity index (χ1v) is 36.0. The summed E-state index contributed by atoms with van der Waals surface area (Å²) in [6.07, 6.45) is 9.09. The number of methoxy groups -OCH3 is 1. The second kappa shape index (κ2) is 30.4. The third-order valence-corrected chi connectivity index (χ3v) is 30.6. The number of aliphatic hydroxyl groups is 2. The molecule has 0 fully saturated rings. The van der Waals surface area contributed by atoms with E-state index in [1.54, 1.807) is 6.92 Å². The minimum absolute atomic E-state index is 0. The molecule has 0 aliphatic rings. The Balaban J connectivity index is -0.000000195. The van der Waals surface area contributed by atoms with Gasteiger partial charge in [0.1, 0.15) is 5.78 Å². The maximum atomic E-state index is 11.2. The number of unbranched alkanes of at least 4 members (excludes halogenated alkanes) is 4. The molecule has 0 rings (SSSR count). The lowest BCUT2D eigenvalue weighted by Gasteiger charge is -2.39. The van der Waals surface area contributed by atoms with Crippen molar-refractivity contribution < 1.29 is 41.0 Å². The molecule has 0 heterocycles. The highest BCUT2D eigenvalue weighted by Gasteiger charge is 2.40. The number of hydrogen-bond acceptors (Lipinski definition) is 9. The third-order valence-electron chi connectivity index (χ3n) is 7.66. The van der Waals surface area contributed by atoms with Crippen molar-refractivity contribution >= 4 is 62.1 Å². The predicted octanol–water partition coefficient (Wildman–Crippen LogP) is 11.5. The molecule has 51 heavy (non-hydrogen) atoms. The van der Waals surface area contributed by atoms with E-state index in [4.69, 9.17) is 26.7 Å². The highest BCUT2D eigenvalue weighted by Crippen LogP contribution is 2.28. The first-order valence-electron chi connectivity index (χ1n) is 17.9. The van der Waals surface area contributed by atoms with Gasteiger partial charge in [0.05, 0.1) is 7.11 Å². The van der Waals surface area contributed by atoms with E-state index in [1.165, 1.54) is 7.11 Å². The van der Waals surface area contributed by atoms with Gasteiger partial charge in [-0.25, -0.2) is 0 Å². The van der Waals surface area contributed by atoms with E-state index in [-0.39, 0.29) is 54.7 Å². The highest BCUT2D eigenvalue weighted by molar-refractivity contribution is 6.88. The van der Waals surface area contributed by atoms with Crippen LogP contribution in [0.25, 0.3) is 0 Å². The van der Waals surface area contributed by atoms with E-state index in [1.807, 2.05) is 0 Å². The molecule has 0 aromatic heterocycles. The molecule has 0 aromatic rings. The minimum Gasteiger partial charge on any atom is -0.469 e. The summed E-state index contributed by atoms with van der Waals surface area (Å²) < 4.78 is 30.7. The maximum Gasteiger partial charge on any atom is 0.311 e. The third kappa shape index (κ3) is 39.7. The Kier molecular flexibility index (Phi) is 37.7. The first-order chi connectivity index (χ1) is 21.3. The van der Waals surface area contributed by atoms with E-state index in [9.17, 15) is 9.59 Å². The van der Waals surface area contributed by atoms with Crippen LogP contribution in [-0.4, -0.2) is 92.7 Å². The van der Waals surface area contributed by atoms with Gasteiger partial charge in [-0.05, 0) is 135 Å². The van der Waals surface area contributed by atoms with Crippen molar-refractivity contribution in [2.45, 2.75) is 204 Å². The molecular formula is C36H92O9Si6. The fourth-order valence-electron chi connectivity index (χ4n) is 6.12. The van der Waals surface area contributed by atoms with E-state index >= 15 is 0 Å². The maximum absolute atomic E-state index is 11.2. The van der Waals surface area contributed by atoms with Gasteiger partial charge in [-0.1, -0.05) is 55.4 Å². The zero-order valence-corrected chi connectivity index (χ0v) is 39.1. The van der Waals surface area contributed by atoms with E-state index < -0.39 is 50.4 Å². The molecule has 0 radical (unpaired) electrons. The quantitative estimate of drug-likeness (QED) is 0.0498. The number of carbonyl (C=O) groups excluding carboxylic acids is 2. The van der Waals surface area contributed by atoms with Crippen LogP contribution in [0, 0.1) is 0 Å². The lowest BCUT2D eigenvalue weighted by Crippen LogP contribution is -2.52. The van der Waals surface area contributed by atoms with Crippen molar-refractivity contribution in [1.82, 2.24) is 0 Å². The molecule has 0 aliphatic carbocycles. The van der Waals surface area contributed by atoms with Gasteiger partial charge in [0.25, 0.3) is 0 Å². The summed E-state index contributed by atoms with van der Waals surface area (Å²) in [5, 5.41) is 17.9. The standard InChI is InChI=1S/C20H44O5Si3.C12H32O4Si3.4CH4/c1-19(21)15-11-9-13-17-26(3,4)24-28(7,8)25-27(5,6)18-14-10-12-16-20(22)23-2;1-17(2,11-7-9-13)15-19(5,6)16-18(3,4)12-8-10-14;;;;/h9-18H2,1-8H3;13-14H,7-12H2,1-6H3;4*1H4. The van der Waals surface area contributed by atoms with Crippen LogP contribution in [0.1, 0.15) is 101 Å². The number of Topliss-reactive ketones (excluding diaryl/α,β-unsaturated/α-hetero) is 1. The van der Waals surface area contributed by atoms with Crippen LogP contribution in [0.4, 0.5) is 0 Å². The SMILES string of the molecule is C.C.C.C.COC(=O)CCCCC[Si](C)(C)O[Si](C)(C)O[Si](C)(C)CCCCCC(C)=O.C[Si](C)(CCCO)O[Si](C)(C)O[Si](C)(C)CCCO. The molecule has 0 atom stereocenters. The topological polar surface area (TPSA) is 121 Å². The number of carbonyl (C=O) groups is 2. The van der Waals surface area contributed by atoms with Crippen LogP contribution in [-0.2, 0) is 30.8 Å². The molecule has 0 unspecified atom stereocenters. The van der Waals surface area contributed by atoms with Crippen LogP contribution >= 0.6 is 0 Å². The Morgan fingerprint density at radius 2 is 0.725 bits per heavy atom. The minimum atomic E-state index is -2.16. The summed E-state index contributed by atoms with van der Waals surface area (Å²) in [4.78, 5) is 22.2. The lowest BCUT2D eigenvalue weighted by atomic mass is 10.2. The van der Waals surface area contributed by atoms with Gasteiger partial charge in [-0.2, -0.15) is 0 Å². The monoisotopic (exact) mass is 837 g/mol. The summed E-state index contributed by atoms with van der Waals surface area (Å²) in [5.41, 5.74) is 0. The average Bonchev–Trinajstić information content (AvgIpc) is 2.87. The van der Waals surface area contributed by atoms with Gasteiger partial charge in [-0.3, -0.25) is 4.79 Å². The zero-order chi connectivity index (χ0) is 37.0. The summed E-state index contributed by atoms with van der Waals surface area (Å²) in [6.45, 7) is 28.7. The summed E-state index contributed by atoms with van der Waals surface area (Å²) >= 11 is 0. The number of ketones is 1. The number of esters is 1. The molecule has 0 saturated heterocycles. The molecule has 0 aromatic carbocycles. The van der Waals surface area contributed by atoms with Gasteiger partial charge < -0.3 is 36.2 Å². The van der Waals surface area contributed by atoms with Gasteiger partial charge in [-0.15, -0.1) is 0 Å². The summed E-state index contributed by atoms with van der Waals surface area (Å²) in [7, 11) is -9.84. The zero-order valence-electron chi connectivity index (χ0n) is 33.1. The van der Waals surface area contributed by atoms with E-state index in [0.29, 0.717) is 12.8 Å². The molecular weight excluding hydrogens is 745 g/mol. The molecule has 0 bridgehead atoms. The Morgan fingerprint density at radius 3 is 0.980 bits per heavy atom. The molecule has 0 spiro atoms. The largest absolute Gasteiger partial charge is 0.469 e. The predicted molar refractivity (Wildman–Crippen MR) is 238 cm³/mol. The van der Waals surface area contributed by atoms with Crippen molar-refractivity contribution in [3.63, 3.8) is 0 Å².